The number of aryl methyl sites for hydroxylation is 1. The molecule has 0 fully saturated rings. The van der Waals surface area contributed by atoms with E-state index < -0.39 is 11.9 Å². The number of hydrogen-bond donors (Lipinski definition) is 1. The molecule has 0 unspecified atom stereocenters. The SMILES string of the molecule is COC(=O)c1c(NC(=O)/C=C/c2ccc(F)cc2)sc(C)c1-c1ccc(F)cc1. The smallest absolute Gasteiger partial charge is 0.341 e. The number of halogens is 2. The summed E-state index contributed by atoms with van der Waals surface area (Å²) < 4.78 is 31.1. The topological polar surface area (TPSA) is 55.4 Å². The number of esters is 1. The minimum Gasteiger partial charge on any atom is -0.465 e. The third-order valence-electron chi connectivity index (χ3n) is 4.14. The molecule has 148 valence electrons. The number of amides is 1. The maximum atomic E-state index is 13.3. The summed E-state index contributed by atoms with van der Waals surface area (Å²) in [7, 11) is 1.25. The Hall–Kier alpha value is -3.32. The van der Waals surface area contributed by atoms with Crippen LogP contribution in [0.1, 0.15) is 20.8 Å². The van der Waals surface area contributed by atoms with E-state index in [2.05, 4.69) is 5.32 Å². The largest absolute Gasteiger partial charge is 0.465 e. The number of anilines is 1. The first kappa shape index (κ1) is 20.4. The van der Waals surface area contributed by atoms with Crippen molar-refractivity contribution in [1.29, 1.82) is 0 Å². The summed E-state index contributed by atoms with van der Waals surface area (Å²) in [6.07, 6.45) is 2.83. The zero-order valence-electron chi connectivity index (χ0n) is 15.7. The number of nitrogens with one attached hydrogen (secondary N) is 1. The van der Waals surface area contributed by atoms with Gasteiger partial charge < -0.3 is 10.1 Å². The van der Waals surface area contributed by atoms with Crippen LogP contribution in [0.15, 0.2) is 54.6 Å². The molecule has 3 rings (SSSR count). The van der Waals surface area contributed by atoms with Gasteiger partial charge in [-0.3, -0.25) is 4.79 Å². The van der Waals surface area contributed by atoms with Gasteiger partial charge in [-0.1, -0.05) is 24.3 Å². The van der Waals surface area contributed by atoms with Crippen LogP contribution >= 0.6 is 11.3 Å². The molecule has 1 amide bonds. The summed E-state index contributed by atoms with van der Waals surface area (Å²) in [6, 6.07) is 11.4. The third-order valence-corrected chi connectivity index (χ3v) is 5.16. The molecule has 1 heterocycles. The van der Waals surface area contributed by atoms with E-state index >= 15 is 0 Å². The average Bonchev–Trinajstić information content (AvgIpc) is 3.03. The van der Waals surface area contributed by atoms with Gasteiger partial charge in [0.2, 0.25) is 5.91 Å². The fourth-order valence-corrected chi connectivity index (χ4v) is 3.86. The van der Waals surface area contributed by atoms with Crippen molar-refractivity contribution in [1.82, 2.24) is 0 Å². The number of thiophene rings is 1. The molecule has 0 saturated carbocycles. The molecule has 4 nitrogen and oxygen atoms in total. The third kappa shape index (κ3) is 4.75. The predicted octanol–water partition coefficient (Wildman–Crippen LogP) is 5.44. The van der Waals surface area contributed by atoms with Crippen LogP contribution in [0.3, 0.4) is 0 Å². The van der Waals surface area contributed by atoms with Crippen LogP contribution in [-0.4, -0.2) is 19.0 Å². The number of benzene rings is 2. The number of hydrogen-bond acceptors (Lipinski definition) is 4. The minimum atomic E-state index is -0.605. The van der Waals surface area contributed by atoms with Gasteiger partial charge in [0.15, 0.2) is 0 Å². The first-order chi connectivity index (χ1) is 13.9. The van der Waals surface area contributed by atoms with Gasteiger partial charge in [0.05, 0.1) is 7.11 Å². The lowest BCUT2D eigenvalue weighted by molar-refractivity contribution is -0.111. The molecule has 0 aliphatic carbocycles. The van der Waals surface area contributed by atoms with Crippen LogP contribution in [0, 0.1) is 18.6 Å². The predicted molar refractivity (Wildman–Crippen MR) is 110 cm³/mol. The number of carbonyl (C=O) groups is 2. The summed E-state index contributed by atoms with van der Waals surface area (Å²) in [4.78, 5) is 25.5. The first-order valence-electron chi connectivity index (χ1n) is 8.61. The molecule has 0 aliphatic rings. The summed E-state index contributed by atoms with van der Waals surface area (Å²) in [5, 5.41) is 3.03. The van der Waals surface area contributed by atoms with Crippen molar-refractivity contribution in [2.45, 2.75) is 6.92 Å². The molecule has 1 N–H and O–H groups in total. The Bertz CT molecular complexity index is 1070. The van der Waals surface area contributed by atoms with E-state index in [1.807, 2.05) is 0 Å². The second kappa shape index (κ2) is 8.79. The zero-order chi connectivity index (χ0) is 21.0. The van der Waals surface area contributed by atoms with E-state index in [0.29, 0.717) is 21.7 Å². The Kier molecular flexibility index (Phi) is 6.19. The van der Waals surface area contributed by atoms with E-state index in [-0.39, 0.29) is 17.2 Å². The molecule has 29 heavy (non-hydrogen) atoms. The van der Waals surface area contributed by atoms with Crippen molar-refractivity contribution >= 4 is 34.3 Å². The molecule has 0 aliphatic heterocycles. The van der Waals surface area contributed by atoms with Crippen LogP contribution < -0.4 is 5.32 Å². The second-order valence-electron chi connectivity index (χ2n) is 6.11. The highest BCUT2D eigenvalue weighted by atomic mass is 32.1. The standard InChI is InChI=1S/C22H17F2NO3S/c1-13-19(15-6-10-17(24)11-7-15)20(22(27)28-2)21(29-13)25-18(26)12-5-14-3-8-16(23)9-4-14/h3-12H,1-2H3,(H,25,26)/b12-5+. The van der Waals surface area contributed by atoms with Gasteiger partial charge in [-0.2, -0.15) is 0 Å². The molecule has 0 radical (unpaired) electrons. The monoisotopic (exact) mass is 413 g/mol. The Morgan fingerprint density at radius 2 is 1.59 bits per heavy atom. The van der Waals surface area contributed by atoms with E-state index in [0.717, 1.165) is 4.88 Å². The fraction of sp³-hybridized carbons (Fsp3) is 0.0909. The van der Waals surface area contributed by atoms with Crippen molar-refractivity contribution in [3.05, 3.63) is 82.2 Å². The molecule has 2 aromatic carbocycles. The summed E-state index contributed by atoms with van der Waals surface area (Å²) in [5.41, 5.74) is 2.09. The number of methoxy groups -OCH3 is 1. The molecule has 0 spiro atoms. The number of carbonyl (C=O) groups excluding carboxylic acids is 2. The highest BCUT2D eigenvalue weighted by Crippen LogP contribution is 2.40. The van der Waals surface area contributed by atoms with Crippen molar-refractivity contribution in [3.8, 4) is 11.1 Å². The second-order valence-corrected chi connectivity index (χ2v) is 7.33. The van der Waals surface area contributed by atoms with Crippen LogP contribution in [0.4, 0.5) is 13.8 Å². The van der Waals surface area contributed by atoms with Crippen LogP contribution in [0.5, 0.6) is 0 Å². The van der Waals surface area contributed by atoms with E-state index in [1.165, 1.54) is 54.9 Å². The first-order valence-corrected chi connectivity index (χ1v) is 9.43. The van der Waals surface area contributed by atoms with E-state index in [1.54, 1.807) is 31.2 Å². The Balaban J connectivity index is 1.91. The lowest BCUT2D eigenvalue weighted by atomic mass is 10.0. The summed E-state index contributed by atoms with van der Waals surface area (Å²) >= 11 is 1.23. The quantitative estimate of drug-likeness (QED) is 0.448. The highest BCUT2D eigenvalue weighted by Gasteiger charge is 2.24. The summed E-state index contributed by atoms with van der Waals surface area (Å²) in [6.45, 7) is 1.81. The molecular formula is C22H17F2NO3S. The molecule has 7 heteroatoms. The van der Waals surface area contributed by atoms with Gasteiger partial charge in [-0.25, -0.2) is 13.6 Å². The van der Waals surface area contributed by atoms with Gasteiger partial charge in [0.25, 0.3) is 0 Å². The van der Waals surface area contributed by atoms with Crippen LogP contribution in [0.25, 0.3) is 17.2 Å². The van der Waals surface area contributed by atoms with Gasteiger partial charge >= 0.3 is 5.97 Å². The molecule has 0 atom stereocenters. The zero-order valence-corrected chi connectivity index (χ0v) is 16.5. The lowest BCUT2D eigenvalue weighted by Crippen LogP contribution is -2.11. The van der Waals surface area contributed by atoms with Gasteiger partial charge in [-0.05, 0) is 48.4 Å². The van der Waals surface area contributed by atoms with E-state index in [4.69, 9.17) is 4.74 Å². The van der Waals surface area contributed by atoms with Gasteiger partial charge in [0.1, 0.15) is 22.2 Å². The van der Waals surface area contributed by atoms with E-state index in [9.17, 15) is 18.4 Å². The number of rotatable bonds is 5. The van der Waals surface area contributed by atoms with Gasteiger partial charge in [-0.15, -0.1) is 11.3 Å². The normalized spacial score (nSPS) is 10.9. The van der Waals surface area contributed by atoms with Crippen molar-refractivity contribution in [3.63, 3.8) is 0 Å². The van der Waals surface area contributed by atoms with Crippen LogP contribution in [-0.2, 0) is 9.53 Å². The molecule has 1 aromatic heterocycles. The Morgan fingerprint density at radius 3 is 2.17 bits per heavy atom. The molecular weight excluding hydrogens is 396 g/mol. The van der Waals surface area contributed by atoms with Crippen molar-refractivity contribution in [2.75, 3.05) is 12.4 Å². The fourth-order valence-electron chi connectivity index (χ4n) is 2.79. The van der Waals surface area contributed by atoms with Crippen LogP contribution in [0.2, 0.25) is 0 Å². The minimum absolute atomic E-state index is 0.213. The Morgan fingerprint density at radius 1 is 1.00 bits per heavy atom. The Labute approximate surface area is 170 Å². The molecule has 0 bridgehead atoms. The van der Waals surface area contributed by atoms with Crippen molar-refractivity contribution in [2.24, 2.45) is 0 Å². The van der Waals surface area contributed by atoms with Crippen molar-refractivity contribution < 1.29 is 23.1 Å². The summed E-state index contributed by atoms with van der Waals surface area (Å²) in [5.74, 6) is -1.81. The molecule has 0 saturated heterocycles. The number of ether oxygens (including phenoxy) is 1. The maximum Gasteiger partial charge on any atom is 0.341 e. The lowest BCUT2D eigenvalue weighted by Gasteiger charge is -2.07. The maximum absolute atomic E-state index is 13.3. The highest BCUT2D eigenvalue weighted by molar-refractivity contribution is 7.17. The molecule has 3 aromatic rings. The van der Waals surface area contributed by atoms with Gasteiger partial charge in [0, 0.05) is 16.5 Å². The average molecular weight is 413 g/mol.